The maximum atomic E-state index is 11.5. The summed E-state index contributed by atoms with van der Waals surface area (Å²) in [4.78, 5) is 11.5. The van der Waals surface area contributed by atoms with Crippen LogP contribution in [0.15, 0.2) is 35.8 Å². The van der Waals surface area contributed by atoms with Gasteiger partial charge in [-0.2, -0.15) is 0 Å². The highest BCUT2D eigenvalue weighted by molar-refractivity contribution is 5.07. The van der Waals surface area contributed by atoms with Crippen molar-refractivity contribution in [3.63, 3.8) is 0 Å². The molecule has 0 aliphatic rings. The van der Waals surface area contributed by atoms with E-state index in [4.69, 9.17) is 0 Å². The summed E-state index contributed by atoms with van der Waals surface area (Å²) in [6.45, 7) is 6.46. The first kappa shape index (κ1) is 11.8. The van der Waals surface area contributed by atoms with E-state index in [2.05, 4.69) is 6.58 Å². The van der Waals surface area contributed by atoms with E-state index < -0.39 is 0 Å². The molecule has 2 heteroatoms. The largest absolute Gasteiger partial charge is 0.316 e. The van der Waals surface area contributed by atoms with Crippen LogP contribution in [0, 0.1) is 6.92 Å². The molecule has 0 unspecified atom stereocenters. The van der Waals surface area contributed by atoms with Gasteiger partial charge < -0.3 is 4.57 Å². The van der Waals surface area contributed by atoms with Gasteiger partial charge in [-0.25, -0.2) is 0 Å². The van der Waals surface area contributed by atoms with Crippen molar-refractivity contribution in [1.29, 1.82) is 0 Å². The molecule has 82 valence electrons. The average Bonchev–Trinajstić information content (AvgIpc) is 2.20. The lowest BCUT2D eigenvalue weighted by molar-refractivity contribution is 0.577. The van der Waals surface area contributed by atoms with E-state index in [1.807, 2.05) is 25.3 Å². The molecule has 0 aromatic carbocycles. The number of nitrogens with zero attached hydrogens (tertiary/aromatic N) is 1. The fourth-order valence-electron chi connectivity index (χ4n) is 1.54. The number of rotatable bonds is 6. The first-order valence-corrected chi connectivity index (χ1v) is 5.52. The fourth-order valence-corrected chi connectivity index (χ4v) is 1.54. The summed E-state index contributed by atoms with van der Waals surface area (Å²) in [5.41, 5.74) is 1.14. The quantitative estimate of drug-likeness (QED) is 0.517. The summed E-state index contributed by atoms with van der Waals surface area (Å²) in [6, 6.07) is 3.66. The van der Waals surface area contributed by atoms with Gasteiger partial charge in [-0.3, -0.25) is 4.79 Å². The molecule has 0 aliphatic carbocycles. The monoisotopic (exact) mass is 205 g/mol. The highest BCUT2D eigenvalue weighted by Gasteiger charge is 1.95. The lowest BCUT2D eigenvalue weighted by atomic mass is 10.2. The summed E-state index contributed by atoms with van der Waals surface area (Å²) in [5, 5.41) is 0. The Hall–Kier alpha value is -1.31. The summed E-state index contributed by atoms with van der Waals surface area (Å²) >= 11 is 0. The molecule has 0 radical (unpaired) electrons. The lowest BCUT2D eigenvalue weighted by Gasteiger charge is -2.04. The highest BCUT2D eigenvalue weighted by Crippen LogP contribution is 2.01. The predicted octanol–water partition coefficient (Wildman–Crippen LogP) is 2.90. The molecule has 1 rings (SSSR count). The Morgan fingerprint density at radius 2 is 2.20 bits per heavy atom. The third-order valence-corrected chi connectivity index (χ3v) is 2.46. The maximum Gasteiger partial charge on any atom is 0.250 e. The van der Waals surface area contributed by atoms with Crippen molar-refractivity contribution in [2.45, 2.75) is 39.2 Å². The molecule has 2 nitrogen and oxygen atoms in total. The van der Waals surface area contributed by atoms with Crippen LogP contribution in [-0.4, -0.2) is 4.57 Å². The Labute approximate surface area is 91.3 Å². The van der Waals surface area contributed by atoms with E-state index in [1.165, 1.54) is 6.42 Å². The van der Waals surface area contributed by atoms with Gasteiger partial charge in [0, 0.05) is 18.8 Å². The Morgan fingerprint density at radius 1 is 1.40 bits per heavy atom. The highest BCUT2D eigenvalue weighted by atomic mass is 16.1. The van der Waals surface area contributed by atoms with Crippen LogP contribution in [0.5, 0.6) is 0 Å². The van der Waals surface area contributed by atoms with E-state index in [0.717, 1.165) is 31.4 Å². The van der Waals surface area contributed by atoms with Crippen LogP contribution >= 0.6 is 0 Å². The molecule has 0 N–H and O–H groups in total. The van der Waals surface area contributed by atoms with Crippen molar-refractivity contribution in [3.05, 3.63) is 46.9 Å². The topological polar surface area (TPSA) is 22.0 Å². The van der Waals surface area contributed by atoms with Crippen LogP contribution < -0.4 is 5.56 Å². The van der Waals surface area contributed by atoms with Crippen molar-refractivity contribution >= 4 is 0 Å². The molecule has 1 aromatic heterocycles. The van der Waals surface area contributed by atoms with Gasteiger partial charge in [0.15, 0.2) is 0 Å². The number of allylic oxidation sites excluding steroid dienone is 1. The zero-order valence-electron chi connectivity index (χ0n) is 9.41. The van der Waals surface area contributed by atoms with E-state index in [9.17, 15) is 4.79 Å². The predicted molar refractivity (Wildman–Crippen MR) is 64.1 cm³/mol. The molecule has 0 saturated heterocycles. The molecule has 0 bridgehead atoms. The van der Waals surface area contributed by atoms with Gasteiger partial charge in [0.05, 0.1) is 0 Å². The van der Waals surface area contributed by atoms with Gasteiger partial charge >= 0.3 is 0 Å². The Morgan fingerprint density at radius 3 is 2.87 bits per heavy atom. The maximum absolute atomic E-state index is 11.5. The first-order valence-electron chi connectivity index (χ1n) is 5.52. The Kier molecular flexibility index (Phi) is 4.88. The number of aromatic nitrogens is 1. The van der Waals surface area contributed by atoms with Crippen molar-refractivity contribution in [1.82, 2.24) is 4.57 Å². The second-order valence-corrected chi connectivity index (χ2v) is 3.87. The van der Waals surface area contributed by atoms with Crippen LogP contribution in [0.25, 0.3) is 0 Å². The van der Waals surface area contributed by atoms with Gasteiger partial charge in [-0.05, 0) is 37.8 Å². The number of hydrogen-bond acceptors (Lipinski definition) is 1. The van der Waals surface area contributed by atoms with Crippen molar-refractivity contribution in [2.75, 3.05) is 0 Å². The van der Waals surface area contributed by atoms with Crippen molar-refractivity contribution in [3.8, 4) is 0 Å². The molecular formula is C13H19NO. The number of hydrogen-bond donors (Lipinski definition) is 0. The van der Waals surface area contributed by atoms with Crippen LogP contribution in [0.3, 0.4) is 0 Å². The van der Waals surface area contributed by atoms with Crippen LogP contribution in [0.2, 0.25) is 0 Å². The number of aryl methyl sites for hydroxylation is 2. The lowest BCUT2D eigenvalue weighted by Crippen LogP contribution is -2.18. The Bertz CT molecular complexity index is 365. The van der Waals surface area contributed by atoms with Crippen LogP contribution in [-0.2, 0) is 6.54 Å². The summed E-state index contributed by atoms with van der Waals surface area (Å²) < 4.78 is 1.78. The minimum Gasteiger partial charge on any atom is -0.316 e. The molecule has 0 aliphatic heterocycles. The summed E-state index contributed by atoms with van der Waals surface area (Å²) in [7, 11) is 0. The first-order chi connectivity index (χ1) is 7.24. The number of pyridine rings is 1. The third kappa shape index (κ3) is 4.15. The van der Waals surface area contributed by atoms with E-state index in [-0.39, 0.29) is 5.56 Å². The summed E-state index contributed by atoms with van der Waals surface area (Å²) in [6.07, 6.45) is 8.29. The normalized spacial score (nSPS) is 10.2. The molecule has 0 fully saturated rings. The van der Waals surface area contributed by atoms with E-state index in [0.29, 0.717) is 0 Å². The second kappa shape index (κ2) is 6.23. The van der Waals surface area contributed by atoms with Crippen molar-refractivity contribution in [2.24, 2.45) is 0 Å². The average molecular weight is 205 g/mol. The van der Waals surface area contributed by atoms with Crippen LogP contribution in [0.1, 0.15) is 31.2 Å². The zero-order valence-corrected chi connectivity index (χ0v) is 9.41. The van der Waals surface area contributed by atoms with Gasteiger partial charge in [-0.1, -0.05) is 12.5 Å². The molecule has 0 amide bonds. The second-order valence-electron chi connectivity index (χ2n) is 3.87. The molecule has 1 heterocycles. The van der Waals surface area contributed by atoms with E-state index >= 15 is 0 Å². The molecule has 15 heavy (non-hydrogen) atoms. The van der Waals surface area contributed by atoms with Crippen LogP contribution in [0.4, 0.5) is 0 Å². The minimum atomic E-state index is 0.110. The zero-order chi connectivity index (χ0) is 11.1. The molecular weight excluding hydrogens is 186 g/mol. The van der Waals surface area contributed by atoms with Gasteiger partial charge in [0.2, 0.25) is 0 Å². The third-order valence-electron chi connectivity index (χ3n) is 2.46. The molecule has 0 atom stereocenters. The van der Waals surface area contributed by atoms with E-state index in [1.54, 1.807) is 10.6 Å². The Balaban J connectivity index is 2.37. The van der Waals surface area contributed by atoms with Crippen molar-refractivity contribution < 1.29 is 0 Å². The summed E-state index contributed by atoms with van der Waals surface area (Å²) in [5.74, 6) is 0. The minimum absolute atomic E-state index is 0.110. The molecule has 1 aromatic rings. The smallest absolute Gasteiger partial charge is 0.250 e. The van der Waals surface area contributed by atoms with Gasteiger partial charge in [0.25, 0.3) is 5.56 Å². The number of unbranched alkanes of at least 4 members (excludes halogenated alkanes) is 3. The molecule has 0 saturated carbocycles. The van der Waals surface area contributed by atoms with Gasteiger partial charge in [0.1, 0.15) is 0 Å². The van der Waals surface area contributed by atoms with Gasteiger partial charge in [-0.15, -0.1) is 6.58 Å². The SMILES string of the molecule is C=CCCCCCn1ccc(C)cc1=O. The molecule has 0 spiro atoms. The standard InChI is InChI=1S/C13H19NO/c1-3-4-5-6-7-9-14-10-8-12(2)11-13(14)15/h3,8,10-11H,1,4-7,9H2,2H3. The fraction of sp³-hybridized carbons (Fsp3) is 0.462.